The van der Waals surface area contributed by atoms with E-state index in [1.165, 1.54) is 6.07 Å². The molecule has 1 aromatic rings. The van der Waals surface area contributed by atoms with Gasteiger partial charge in [0.1, 0.15) is 5.82 Å². The lowest BCUT2D eigenvalue weighted by molar-refractivity contribution is 0.179. The Kier molecular flexibility index (Phi) is 4.95. The summed E-state index contributed by atoms with van der Waals surface area (Å²) in [5.41, 5.74) is 6.63. The van der Waals surface area contributed by atoms with Crippen LogP contribution in [-0.4, -0.2) is 31.8 Å². The lowest BCUT2D eigenvalue weighted by Gasteiger charge is -2.33. The first-order valence-corrected chi connectivity index (χ1v) is 6.93. The van der Waals surface area contributed by atoms with Crippen molar-refractivity contribution in [3.8, 4) is 0 Å². The van der Waals surface area contributed by atoms with Gasteiger partial charge in [-0.2, -0.15) is 0 Å². The van der Waals surface area contributed by atoms with E-state index >= 15 is 0 Å². The predicted molar refractivity (Wildman–Crippen MR) is 78.3 cm³/mol. The van der Waals surface area contributed by atoms with E-state index in [-0.39, 0.29) is 23.8 Å². The molecule has 1 atom stereocenters. The van der Waals surface area contributed by atoms with Gasteiger partial charge in [-0.15, -0.1) is 0 Å². The zero-order valence-corrected chi connectivity index (χ0v) is 12.0. The molecule has 0 saturated heterocycles. The molecule has 0 bridgehead atoms. The second-order valence-corrected chi connectivity index (χ2v) is 5.36. The Morgan fingerprint density at radius 3 is 2.85 bits per heavy atom. The SMILES string of the molecule is COCC(C)NC(N)=NC1CC(c2ccccc2F)C1. The summed E-state index contributed by atoms with van der Waals surface area (Å²) in [6.07, 6.45) is 1.70. The third kappa shape index (κ3) is 3.70. The lowest BCUT2D eigenvalue weighted by Crippen LogP contribution is -2.42. The molecule has 1 aliphatic carbocycles. The van der Waals surface area contributed by atoms with Gasteiger partial charge in [-0.25, -0.2) is 4.39 Å². The quantitative estimate of drug-likeness (QED) is 0.640. The number of guanidine groups is 1. The maximum Gasteiger partial charge on any atom is 0.189 e. The second-order valence-electron chi connectivity index (χ2n) is 5.36. The minimum atomic E-state index is -0.125. The Morgan fingerprint density at radius 2 is 2.20 bits per heavy atom. The van der Waals surface area contributed by atoms with Gasteiger partial charge in [0.15, 0.2) is 5.96 Å². The van der Waals surface area contributed by atoms with Crippen LogP contribution in [0.4, 0.5) is 4.39 Å². The number of nitrogens with zero attached hydrogens (tertiary/aromatic N) is 1. The fourth-order valence-corrected chi connectivity index (χ4v) is 2.53. The highest BCUT2D eigenvalue weighted by Crippen LogP contribution is 2.39. The number of rotatable bonds is 5. The summed E-state index contributed by atoms with van der Waals surface area (Å²) in [4.78, 5) is 4.42. The molecule has 0 aromatic heterocycles. The Hall–Kier alpha value is -1.62. The number of nitrogens with one attached hydrogen (secondary N) is 1. The number of aliphatic imine (C=N–C) groups is 1. The molecule has 1 saturated carbocycles. The third-order valence-electron chi connectivity index (χ3n) is 3.59. The summed E-state index contributed by atoms with van der Waals surface area (Å²) >= 11 is 0. The number of benzene rings is 1. The highest BCUT2D eigenvalue weighted by atomic mass is 19.1. The van der Waals surface area contributed by atoms with Crippen LogP contribution >= 0.6 is 0 Å². The summed E-state index contributed by atoms with van der Waals surface area (Å²) in [6, 6.07) is 7.26. The molecule has 1 aromatic carbocycles. The van der Waals surface area contributed by atoms with E-state index in [9.17, 15) is 4.39 Å². The zero-order valence-electron chi connectivity index (χ0n) is 12.0. The van der Waals surface area contributed by atoms with Crippen LogP contribution < -0.4 is 11.1 Å². The normalized spacial score (nSPS) is 24.1. The highest BCUT2D eigenvalue weighted by molar-refractivity contribution is 5.78. The van der Waals surface area contributed by atoms with Crippen molar-refractivity contribution in [3.63, 3.8) is 0 Å². The average molecular weight is 279 g/mol. The van der Waals surface area contributed by atoms with E-state index in [2.05, 4.69) is 10.3 Å². The summed E-state index contributed by atoms with van der Waals surface area (Å²) in [5.74, 6) is 0.570. The van der Waals surface area contributed by atoms with E-state index in [4.69, 9.17) is 10.5 Å². The molecular formula is C15H22FN3O. The third-order valence-corrected chi connectivity index (χ3v) is 3.59. The molecule has 0 heterocycles. The molecule has 20 heavy (non-hydrogen) atoms. The van der Waals surface area contributed by atoms with Crippen molar-refractivity contribution in [1.29, 1.82) is 0 Å². The Labute approximate surface area is 119 Å². The largest absolute Gasteiger partial charge is 0.383 e. The first-order valence-electron chi connectivity index (χ1n) is 6.93. The highest BCUT2D eigenvalue weighted by Gasteiger charge is 2.31. The van der Waals surface area contributed by atoms with Gasteiger partial charge >= 0.3 is 0 Å². The number of hydrogen-bond acceptors (Lipinski definition) is 2. The number of methoxy groups -OCH3 is 1. The van der Waals surface area contributed by atoms with E-state index in [1.807, 2.05) is 19.1 Å². The average Bonchev–Trinajstić information content (AvgIpc) is 2.34. The van der Waals surface area contributed by atoms with Crippen molar-refractivity contribution in [2.75, 3.05) is 13.7 Å². The molecule has 1 fully saturated rings. The summed E-state index contributed by atoms with van der Waals surface area (Å²) < 4.78 is 18.6. The standard InChI is InChI=1S/C15H22FN3O/c1-10(9-20-2)18-15(17)19-12-7-11(8-12)13-5-3-4-6-14(13)16/h3-6,10-12H,7-9H2,1-2H3,(H3,17,18,19). The van der Waals surface area contributed by atoms with E-state index in [0.717, 1.165) is 18.4 Å². The molecule has 0 amide bonds. The summed E-state index contributed by atoms with van der Waals surface area (Å²) in [5, 5.41) is 3.07. The van der Waals surface area contributed by atoms with Crippen LogP contribution in [0.3, 0.4) is 0 Å². The van der Waals surface area contributed by atoms with Crippen molar-refractivity contribution >= 4 is 5.96 Å². The van der Waals surface area contributed by atoms with Crippen LogP contribution in [0.2, 0.25) is 0 Å². The lowest BCUT2D eigenvalue weighted by atomic mass is 9.76. The number of hydrogen-bond donors (Lipinski definition) is 2. The minimum Gasteiger partial charge on any atom is -0.383 e. The van der Waals surface area contributed by atoms with Gasteiger partial charge in [0.05, 0.1) is 12.6 Å². The van der Waals surface area contributed by atoms with E-state index < -0.39 is 0 Å². The zero-order chi connectivity index (χ0) is 14.5. The van der Waals surface area contributed by atoms with Crippen LogP contribution in [0.1, 0.15) is 31.2 Å². The smallest absolute Gasteiger partial charge is 0.189 e. The fraction of sp³-hybridized carbons (Fsp3) is 0.533. The first-order chi connectivity index (χ1) is 9.60. The molecule has 1 unspecified atom stereocenters. The Morgan fingerprint density at radius 1 is 1.50 bits per heavy atom. The van der Waals surface area contributed by atoms with E-state index in [1.54, 1.807) is 13.2 Å². The van der Waals surface area contributed by atoms with Crippen LogP contribution in [0, 0.1) is 5.82 Å². The van der Waals surface area contributed by atoms with Gasteiger partial charge in [-0.05, 0) is 37.3 Å². The van der Waals surface area contributed by atoms with Gasteiger partial charge < -0.3 is 15.8 Å². The van der Waals surface area contributed by atoms with Crippen LogP contribution in [0.25, 0.3) is 0 Å². The summed E-state index contributed by atoms with van der Waals surface area (Å²) in [7, 11) is 1.65. The van der Waals surface area contributed by atoms with Crippen LogP contribution in [-0.2, 0) is 4.74 Å². The van der Waals surface area contributed by atoms with Crippen molar-refractivity contribution < 1.29 is 9.13 Å². The van der Waals surface area contributed by atoms with Gasteiger partial charge in [0.2, 0.25) is 0 Å². The Balaban J connectivity index is 1.83. The molecule has 1 aliphatic rings. The molecular weight excluding hydrogens is 257 g/mol. The molecule has 0 aliphatic heterocycles. The van der Waals surface area contributed by atoms with Crippen molar-refractivity contribution in [3.05, 3.63) is 35.6 Å². The van der Waals surface area contributed by atoms with E-state index in [0.29, 0.717) is 12.6 Å². The summed E-state index contributed by atoms with van der Waals surface area (Å²) in [6.45, 7) is 2.56. The van der Waals surface area contributed by atoms with Crippen LogP contribution in [0.5, 0.6) is 0 Å². The molecule has 0 radical (unpaired) electrons. The van der Waals surface area contributed by atoms with Gasteiger partial charge in [-0.3, -0.25) is 4.99 Å². The van der Waals surface area contributed by atoms with Gasteiger partial charge in [0, 0.05) is 13.2 Å². The predicted octanol–water partition coefficient (Wildman–Crippen LogP) is 2.01. The minimum absolute atomic E-state index is 0.125. The first kappa shape index (κ1) is 14.8. The molecule has 4 nitrogen and oxygen atoms in total. The number of ether oxygens (including phenoxy) is 1. The Bertz CT molecular complexity index is 472. The second kappa shape index (κ2) is 6.70. The van der Waals surface area contributed by atoms with Crippen LogP contribution in [0.15, 0.2) is 29.3 Å². The van der Waals surface area contributed by atoms with Crippen molar-refractivity contribution in [2.45, 2.75) is 37.8 Å². The molecule has 2 rings (SSSR count). The van der Waals surface area contributed by atoms with Crippen molar-refractivity contribution in [1.82, 2.24) is 5.32 Å². The number of nitrogens with two attached hydrogens (primary N) is 1. The fourth-order valence-electron chi connectivity index (χ4n) is 2.53. The molecule has 0 spiro atoms. The van der Waals surface area contributed by atoms with Gasteiger partial charge in [0.25, 0.3) is 0 Å². The molecule has 5 heteroatoms. The molecule has 110 valence electrons. The molecule has 3 N–H and O–H groups in total. The maximum atomic E-state index is 13.6. The number of halogens is 1. The van der Waals surface area contributed by atoms with Gasteiger partial charge in [-0.1, -0.05) is 18.2 Å². The topological polar surface area (TPSA) is 59.6 Å². The monoisotopic (exact) mass is 279 g/mol. The maximum absolute atomic E-state index is 13.6. The van der Waals surface area contributed by atoms with Crippen molar-refractivity contribution in [2.24, 2.45) is 10.7 Å².